The fraction of sp³-hybridized carbons (Fsp3) is 0.353. The Morgan fingerprint density at radius 3 is 2.36 bits per heavy atom. The van der Waals surface area contributed by atoms with Gasteiger partial charge in [-0.1, -0.05) is 12.2 Å². The predicted octanol–water partition coefficient (Wildman–Crippen LogP) is 2.56. The topological polar surface area (TPSA) is 56.8 Å². The van der Waals surface area contributed by atoms with Crippen molar-refractivity contribution in [1.29, 1.82) is 0 Å². The van der Waals surface area contributed by atoms with E-state index in [9.17, 15) is 4.79 Å². The fourth-order valence-corrected chi connectivity index (χ4v) is 2.35. The summed E-state index contributed by atoms with van der Waals surface area (Å²) in [5.41, 5.74) is 0.798. The quantitative estimate of drug-likeness (QED) is 0.648. The number of nitrogens with one attached hydrogen (secondary N) is 1. The summed E-state index contributed by atoms with van der Waals surface area (Å²) in [6, 6.07) is 3.72. The molecule has 0 aliphatic heterocycles. The molecule has 1 atom stereocenters. The normalized spacial score (nSPS) is 16.8. The Morgan fingerprint density at radius 2 is 1.86 bits per heavy atom. The molecule has 0 aromatic heterocycles. The molecule has 118 valence electrons. The molecular weight excluding hydrogens is 282 g/mol. The van der Waals surface area contributed by atoms with Crippen LogP contribution in [0.3, 0.4) is 0 Å². The molecule has 0 radical (unpaired) electrons. The van der Waals surface area contributed by atoms with E-state index in [-0.39, 0.29) is 11.9 Å². The number of hydrogen-bond acceptors (Lipinski definition) is 4. The van der Waals surface area contributed by atoms with Gasteiger partial charge in [0.15, 0.2) is 11.5 Å². The van der Waals surface area contributed by atoms with E-state index in [0.29, 0.717) is 17.2 Å². The van der Waals surface area contributed by atoms with Crippen LogP contribution in [0.2, 0.25) is 0 Å². The molecule has 0 bridgehead atoms. The summed E-state index contributed by atoms with van der Waals surface area (Å²) in [5.74, 6) is 1.52. The van der Waals surface area contributed by atoms with Gasteiger partial charge >= 0.3 is 0 Å². The first kappa shape index (κ1) is 15.9. The van der Waals surface area contributed by atoms with Crippen molar-refractivity contribution in [3.63, 3.8) is 0 Å². The van der Waals surface area contributed by atoms with Crippen molar-refractivity contribution in [2.75, 3.05) is 21.3 Å². The summed E-state index contributed by atoms with van der Waals surface area (Å²) in [6.45, 7) is 0. The van der Waals surface area contributed by atoms with E-state index in [1.54, 1.807) is 39.5 Å². The lowest BCUT2D eigenvalue weighted by Gasteiger charge is -2.13. The highest BCUT2D eigenvalue weighted by molar-refractivity contribution is 5.92. The zero-order chi connectivity index (χ0) is 15.9. The molecule has 0 saturated carbocycles. The second-order valence-corrected chi connectivity index (χ2v) is 4.91. The Labute approximate surface area is 130 Å². The van der Waals surface area contributed by atoms with Gasteiger partial charge in [0.25, 0.3) is 0 Å². The molecular formula is C17H21NO4. The number of rotatable bonds is 6. The number of carbonyl (C=O) groups is 1. The van der Waals surface area contributed by atoms with Crippen LogP contribution in [-0.2, 0) is 4.79 Å². The Balaban J connectivity index is 2.12. The van der Waals surface area contributed by atoms with E-state index < -0.39 is 0 Å². The zero-order valence-electron chi connectivity index (χ0n) is 13.1. The average Bonchev–Trinajstić information content (AvgIpc) is 3.04. The maximum atomic E-state index is 11.9. The molecule has 5 heteroatoms. The van der Waals surface area contributed by atoms with Gasteiger partial charge in [0.2, 0.25) is 11.7 Å². The Bertz CT molecular complexity index is 567. The van der Waals surface area contributed by atoms with Crippen LogP contribution in [0.4, 0.5) is 0 Å². The maximum Gasteiger partial charge on any atom is 0.244 e. The molecule has 1 aromatic carbocycles. The summed E-state index contributed by atoms with van der Waals surface area (Å²) in [4.78, 5) is 11.9. The summed E-state index contributed by atoms with van der Waals surface area (Å²) in [7, 11) is 4.67. The van der Waals surface area contributed by atoms with Gasteiger partial charge < -0.3 is 19.5 Å². The largest absolute Gasteiger partial charge is 0.493 e. The van der Waals surface area contributed by atoms with E-state index in [1.807, 2.05) is 6.08 Å². The highest BCUT2D eigenvalue weighted by Crippen LogP contribution is 2.38. The Kier molecular flexibility index (Phi) is 5.47. The second kappa shape index (κ2) is 7.54. The lowest BCUT2D eigenvalue weighted by molar-refractivity contribution is -0.116. The highest BCUT2D eigenvalue weighted by Gasteiger charge is 2.13. The van der Waals surface area contributed by atoms with Crippen molar-refractivity contribution >= 4 is 12.0 Å². The zero-order valence-corrected chi connectivity index (χ0v) is 13.1. The molecule has 2 rings (SSSR count). The summed E-state index contributed by atoms with van der Waals surface area (Å²) in [5, 5.41) is 2.93. The summed E-state index contributed by atoms with van der Waals surface area (Å²) < 4.78 is 15.8. The van der Waals surface area contributed by atoms with Gasteiger partial charge in [0.05, 0.1) is 21.3 Å². The van der Waals surface area contributed by atoms with Gasteiger partial charge in [-0.15, -0.1) is 0 Å². The van der Waals surface area contributed by atoms with Crippen LogP contribution >= 0.6 is 0 Å². The van der Waals surface area contributed by atoms with Crippen LogP contribution in [0.1, 0.15) is 18.4 Å². The Hall–Kier alpha value is -2.43. The van der Waals surface area contributed by atoms with Gasteiger partial charge in [0.1, 0.15) is 0 Å². The maximum absolute atomic E-state index is 11.9. The number of allylic oxidation sites excluding steroid dienone is 1. The van der Waals surface area contributed by atoms with Crippen molar-refractivity contribution in [1.82, 2.24) is 5.32 Å². The van der Waals surface area contributed by atoms with Crippen molar-refractivity contribution in [3.8, 4) is 17.2 Å². The number of methoxy groups -OCH3 is 3. The van der Waals surface area contributed by atoms with Gasteiger partial charge in [-0.05, 0) is 36.6 Å². The molecule has 0 spiro atoms. The number of hydrogen-bond donors (Lipinski definition) is 1. The molecule has 0 heterocycles. The first-order valence-electron chi connectivity index (χ1n) is 7.13. The van der Waals surface area contributed by atoms with E-state index in [4.69, 9.17) is 14.2 Å². The fourth-order valence-electron chi connectivity index (χ4n) is 2.35. The standard InChI is InChI=1S/C17H21NO4/c1-20-14-10-12(11-15(21-2)17(14)22-3)8-9-16(19)18-13-6-4-5-7-13/h4,6,8-11,13H,5,7H2,1-3H3,(H,18,19)/b9-8+. The highest BCUT2D eigenvalue weighted by atomic mass is 16.5. The molecule has 1 aliphatic rings. The third kappa shape index (κ3) is 3.81. The molecule has 22 heavy (non-hydrogen) atoms. The minimum Gasteiger partial charge on any atom is -0.493 e. The third-order valence-corrected chi connectivity index (χ3v) is 3.45. The predicted molar refractivity (Wildman–Crippen MR) is 85.4 cm³/mol. The number of amides is 1. The van der Waals surface area contributed by atoms with Crippen LogP contribution in [0.15, 0.2) is 30.4 Å². The van der Waals surface area contributed by atoms with Gasteiger partial charge in [-0.2, -0.15) is 0 Å². The van der Waals surface area contributed by atoms with E-state index in [1.165, 1.54) is 6.08 Å². The minimum atomic E-state index is -0.120. The lowest BCUT2D eigenvalue weighted by atomic mass is 10.1. The van der Waals surface area contributed by atoms with Crippen LogP contribution in [-0.4, -0.2) is 33.3 Å². The molecule has 5 nitrogen and oxygen atoms in total. The molecule has 1 aliphatic carbocycles. The summed E-state index contributed by atoms with van der Waals surface area (Å²) >= 11 is 0. The number of carbonyl (C=O) groups excluding carboxylic acids is 1. The average molecular weight is 303 g/mol. The van der Waals surface area contributed by atoms with Gasteiger partial charge in [-0.3, -0.25) is 4.79 Å². The molecule has 1 N–H and O–H groups in total. The third-order valence-electron chi connectivity index (χ3n) is 3.45. The van der Waals surface area contributed by atoms with E-state index in [0.717, 1.165) is 18.4 Å². The van der Waals surface area contributed by atoms with Crippen LogP contribution in [0.25, 0.3) is 6.08 Å². The molecule has 0 saturated heterocycles. The van der Waals surface area contributed by atoms with Gasteiger partial charge in [0, 0.05) is 12.1 Å². The van der Waals surface area contributed by atoms with Crippen molar-refractivity contribution in [2.45, 2.75) is 18.9 Å². The molecule has 1 amide bonds. The molecule has 1 unspecified atom stereocenters. The minimum absolute atomic E-state index is 0.120. The van der Waals surface area contributed by atoms with E-state index in [2.05, 4.69) is 11.4 Å². The van der Waals surface area contributed by atoms with Crippen molar-refractivity contribution < 1.29 is 19.0 Å². The summed E-state index contributed by atoms with van der Waals surface area (Å²) in [6.07, 6.45) is 9.30. The number of benzene rings is 1. The second-order valence-electron chi connectivity index (χ2n) is 4.91. The monoisotopic (exact) mass is 303 g/mol. The molecule has 0 fully saturated rings. The van der Waals surface area contributed by atoms with Crippen molar-refractivity contribution in [3.05, 3.63) is 35.9 Å². The van der Waals surface area contributed by atoms with E-state index >= 15 is 0 Å². The molecule has 1 aromatic rings. The van der Waals surface area contributed by atoms with Crippen LogP contribution in [0.5, 0.6) is 17.2 Å². The first-order valence-corrected chi connectivity index (χ1v) is 7.13. The number of ether oxygens (including phenoxy) is 3. The van der Waals surface area contributed by atoms with Crippen molar-refractivity contribution in [2.24, 2.45) is 0 Å². The lowest BCUT2D eigenvalue weighted by Crippen LogP contribution is -2.30. The Morgan fingerprint density at radius 1 is 1.18 bits per heavy atom. The smallest absolute Gasteiger partial charge is 0.244 e. The van der Waals surface area contributed by atoms with Crippen LogP contribution < -0.4 is 19.5 Å². The first-order chi connectivity index (χ1) is 10.7. The van der Waals surface area contributed by atoms with Gasteiger partial charge in [-0.25, -0.2) is 0 Å². The SMILES string of the molecule is COc1cc(/C=C/C(=O)NC2C=CCC2)cc(OC)c1OC. The van der Waals surface area contributed by atoms with Crippen LogP contribution in [0, 0.1) is 0 Å².